The van der Waals surface area contributed by atoms with E-state index < -0.39 is 0 Å². The summed E-state index contributed by atoms with van der Waals surface area (Å²) in [4.78, 5) is 0. The molecule has 0 aromatic heterocycles. The first-order valence-corrected chi connectivity index (χ1v) is 7.82. The van der Waals surface area contributed by atoms with Crippen molar-refractivity contribution < 1.29 is 0 Å². The smallest absolute Gasteiger partial charge is 0.00269 e. The average molecular weight is 328 g/mol. The maximum absolute atomic E-state index is 2.53. The van der Waals surface area contributed by atoms with Crippen molar-refractivity contribution in [1.82, 2.24) is 0 Å². The molecule has 0 saturated carbocycles. The number of rotatable bonds is 2. The Bertz CT molecular complexity index is 370. The monoisotopic (exact) mass is 328 g/mol. The van der Waals surface area contributed by atoms with Crippen LogP contribution in [0.15, 0.2) is 18.2 Å². The number of hydrogen-bond acceptors (Lipinski definition) is 0. The largest absolute Gasteiger partial charge is 0.0861 e. The molecule has 1 heteroatoms. The second kappa shape index (κ2) is 5.07. The summed E-state index contributed by atoms with van der Waals surface area (Å²) in [6.07, 6.45) is 2.74. The molecule has 0 spiro atoms. The molecule has 0 nitrogen and oxygen atoms in total. The fourth-order valence-electron chi connectivity index (χ4n) is 2.90. The van der Waals surface area contributed by atoms with Crippen molar-refractivity contribution in [3.8, 4) is 0 Å². The van der Waals surface area contributed by atoms with Gasteiger partial charge in [0.25, 0.3) is 0 Å². The van der Waals surface area contributed by atoms with Crippen LogP contribution in [0.1, 0.15) is 55.2 Å². The van der Waals surface area contributed by atoms with E-state index in [0.717, 1.165) is 17.8 Å². The van der Waals surface area contributed by atoms with Crippen molar-refractivity contribution >= 4 is 22.6 Å². The minimum atomic E-state index is 0.758. The first-order chi connectivity index (χ1) is 7.63. The third kappa shape index (κ3) is 2.29. The summed E-state index contributed by atoms with van der Waals surface area (Å²) in [6, 6.07) is 7.06. The number of aryl methyl sites for hydroxylation is 1. The summed E-state index contributed by atoms with van der Waals surface area (Å²) in [5.41, 5.74) is 4.67. The topological polar surface area (TPSA) is 0 Å². The molecule has 0 amide bonds. The molecule has 1 aliphatic carbocycles. The highest BCUT2D eigenvalue weighted by Crippen LogP contribution is 2.42. The lowest BCUT2D eigenvalue weighted by atomic mass is 9.73. The van der Waals surface area contributed by atoms with Crippen LogP contribution in [0, 0.1) is 12.8 Å². The molecule has 2 rings (SSSR count). The maximum atomic E-state index is 2.53. The van der Waals surface area contributed by atoms with E-state index in [-0.39, 0.29) is 0 Å². The molecule has 0 fully saturated rings. The van der Waals surface area contributed by atoms with Crippen LogP contribution in [0.3, 0.4) is 0 Å². The van der Waals surface area contributed by atoms with Crippen molar-refractivity contribution in [3.05, 3.63) is 34.9 Å². The maximum Gasteiger partial charge on any atom is 0.00269 e. The zero-order chi connectivity index (χ0) is 11.7. The Morgan fingerprint density at radius 3 is 2.75 bits per heavy atom. The highest BCUT2D eigenvalue weighted by atomic mass is 127. The fourth-order valence-corrected chi connectivity index (χ4v) is 3.52. The standard InChI is InChI=1S/C15H21I/c1-10-4-6-13-11(2)5-7-14(12(3)9-16)15(13)8-10/h4,6,8,11-12,14H,5,7,9H2,1-3H3/t11-,12-,14-/m0/s1. The van der Waals surface area contributed by atoms with Crippen molar-refractivity contribution in [3.63, 3.8) is 0 Å². The third-order valence-electron chi connectivity index (χ3n) is 4.01. The molecule has 0 bridgehead atoms. The van der Waals surface area contributed by atoms with Gasteiger partial charge in [-0.2, -0.15) is 0 Å². The molecular formula is C15H21I. The molecule has 0 heterocycles. The Labute approximate surface area is 113 Å². The molecule has 1 aromatic rings. The zero-order valence-corrected chi connectivity index (χ0v) is 12.6. The Morgan fingerprint density at radius 2 is 2.06 bits per heavy atom. The van der Waals surface area contributed by atoms with Gasteiger partial charge in [0.2, 0.25) is 0 Å². The molecule has 0 aliphatic heterocycles. The van der Waals surface area contributed by atoms with Crippen molar-refractivity contribution in [1.29, 1.82) is 0 Å². The molecule has 3 atom stereocenters. The number of hydrogen-bond donors (Lipinski definition) is 0. The van der Waals surface area contributed by atoms with Crippen LogP contribution in [0.2, 0.25) is 0 Å². The molecule has 88 valence electrons. The van der Waals surface area contributed by atoms with Crippen molar-refractivity contribution in [2.75, 3.05) is 4.43 Å². The number of benzene rings is 1. The number of halogens is 1. The van der Waals surface area contributed by atoms with Crippen molar-refractivity contribution in [2.45, 2.75) is 45.4 Å². The highest BCUT2D eigenvalue weighted by Gasteiger charge is 2.27. The lowest BCUT2D eigenvalue weighted by Crippen LogP contribution is -2.19. The fraction of sp³-hybridized carbons (Fsp3) is 0.600. The van der Waals surface area contributed by atoms with Gasteiger partial charge in [-0.25, -0.2) is 0 Å². The van der Waals surface area contributed by atoms with Crippen LogP contribution < -0.4 is 0 Å². The zero-order valence-electron chi connectivity index (χ0n) is 10.5. The lowest BCUT2D eigenvalue weighted by molar-refractivity contribution is 0.418. The highest BCUT2D eigenvalue weighted by molar-refractivity contribution is 14.1. The Morgan fingerprint density at radius 1 is 1.31 bits per heavy atom. The van der Waals surface area contributed by atoms with Crippen LogP contribution in [0.5, 0.6) is 0 Å². The van der Waals surface area contributed by atoms with Gasteiger partial charge >= 0.3 is 0 Å². The van der Waals surface area contributed by atoms with E-state index in [1.807, 2.05) is 0 Å². The Balaban J connectivity index is 2.41. The Hall–Kier alpha value is -0.0500. The average Bonchev–Trinajstić information content (AvgIpc) is 2.28. The van der Waals surface area contributed by atoms with Gasteiger partial charge in [-0.1, -0.05) is 60.2 Å². The quantitative estimate of drug-likeness (QED) is 0.527. The summed E-state index contributed by atoms with van der Waals surface area (Å²) in [5, 5.41) is 0. The van der Waals surface area contributed by atoms with E-state index in [4.69, 9.17) is 0 Å². The van der Waals surface area contributed by atoms with Gasteiger partial charge in [0.15, 0.2) is 0 Å². The molecule has 1 aromatic carbocycles. The summed E-state index contributed by atoms with van der Waals surface area (Å²) in [6.45, 7) is 6.99. The van der Waals surface area contributed by atoms with E-state index in [9.17, 15) is 0 Å². The van der Waals surface area contributed by atoms with Gasteiger partial charge in [0, 0.05) is 4.43 Å². The van der Waals surface area contributed by atoms with Crippen molar-refractivity contribution in [2.24, 2.45) is 5.92 Å². The molecule has 0 saturated heterocycles. The van der Waals surface area contributed by atoms with Crippen LogP contribution in [-0.4, -0.2) is 4.43 Å². The summed E-state index contributed by atoms with van der Waals surface area (Å²) in [7, 11) is 0. The van der Waals surface area contributed by atoms with E-state index in [2.05, 4.69) is 61.6 Å². The van der Waals surface area contributed by atoms with E-state index in [0.29, 0.717) is 0 Å². The predicted octanol–water partition coefficient (Wildman–Crippen LogP) is 5.05. The van der Waals surface area contributed by atoms with Crippen LogP contribution in [0.4, 0.5) is 0 Å². The van der Waals surface area contributed by atoms with Crippen LogP contribution >= 0.6 is 22.6 Å². The minimum absolute atomic E-state index is 0.758. The number of fused-ring (bicyclic) bond motifs is 1. The van der Waals surface area contributed by atoms with Gasteiger partial charge in [-0.05, 0) is 48.6 Å². The summed E-state index contributed by atoms with van der Waals surface area (Å²) >= 11 is 2.53. The van der Waals surface area contributed by atoms with E-state index >= 15 is 0 Å². The normalized spacial score (nSPS) is 26.2. The van der Waals surface area contributed by atoms with Gasteiger partial charge < -0.3 is 0 Å². The van der Waals surface area contributed by atoms with Gasteiger partial charge in [0.05, 0.1) is 0 Å². The second-order valence-electron chi connectivity index (χ2n) is 5.35. The van der Waals surface area contributed by atoms with Crippen LogP contribution in [0.25, 0.3) is 0 Å². The molecule has 1 aliphatic rings. The lowest BCUT2D eigenvalue weighted by Gasteiger charge is -2.33. The van der Waals surface area contributed by atoms with Gasteiger partial charge in [0.1, 0.15) is 0 Å². The second-order valence-corrected chi connectivity index (χ2v) is 6.23. The first-order valence-electron chi connectivity index (χ1n) is 6.30. The molecule has 0 radical (unpaired) electrons. The molecular weight excluding hydrogens is 307 g/mol. The van der Waals surface area contributed by atoms with Gasteiger partial charge in [-0.15, -0.1) is 0 Å². The number of alkyl halides is 1. The minimum Gasteiger partial charge on any atom is -0.0861 e. The first kappa shape index (κ1) is 12.4. The molecule has 16 heavy (non-hydrogen) atoms. The SMILES string of the molecule is Cc1ccc2c(c1)[C@H]([C@@H](C)CI)CC[C@@H]2C. The third-order valence-corrected chi connectivity index (χ3v) is 5.40. The summed E-state index contributed by atoms with van der Waals surface area (Å²) in [5.74, 6) is 2.37. The van der Waals surface area contributed by atoms with E-state index in [1.54, 1.807) is 11.1 Å². The molecule has 0 N–H and O–H groups in total. The van der Waals surface area contributed by atoms with Gasteiger partial charge in [-0.3, -0.25) is 0 Å². The summed E-state index contributed by atoms with van der Waals surface area (Å²) < 4.78 is 1.27. The Kier molecular flexibility index (Phi) is 3.93. The molecule has 0 unspecified atom stereocenters. The van der Waals surface area contributed by atoms with E-state index in [1.165, 1.54) is 22.8 Å². The van der Waals surface area contributed by atoms with Crippen LogP contribution in [-0.2, 0) is 0 Å². The predicted molar refractivity (Wildman–Crippen MR) is 79.6 cm³/mol.